The average Bonchev–Trinajstić information content (AvgIpc) is 2.83. The Morgan fingerprint density at radius 1 is 1.28 bits per heavy atom. The van der Waals surface area contributed by atoms with Gasteiger partial charge in [0.05, 0.1) is 23.7 Å². The van der Waals surface area contributed by atoms with Crippen molar-refractivity contribution >= 4 is 5.91 Å². The monoisotopic (exact) mass is 255 g/mol. The van der Waals surface area contributed by atoms with Gasteiger partial charge in [-0.25, -0.2) is 0 Å². The fourth-order valence-corrected chi connectivity index (χ4v) is 3.30. The van der Waals surface area contributed by atoms with E-state index in [4.69, 9.17) is 4.74 Å². The first-order valence-corrected chi connectivity index (χ1v) is 7.08. The normalized spacial score (nSPS) is 38.9. The van der Waals surface area contributed by atoms with Crippen LogP contribution >= 0.6 is 0 Å². The second-order valence-electron chi connectivity index (χ2n) is 6.08. The summed E-state index contributed by atoms with van der Waals surface area (Å²) in [6, 6.07) is 0. The van der Waals surface area contributed by atoms with Crippen LogP contribution in [-0.2, 0) is 9.53 Å². The summed E-state index contributed by atoms with van der Waals surface area (Å²) >= 11 is 0. The summed E-state index contributed by atoms with van der Waals surface area (Å²) in [5, 5.41) is 13.1. The van der Waals surface area contributed by atoms with Gasteiger partial charge in [0.15, 0.2) is 0 Å². The molecule has 4 atom stereocenters. The fourth-order valence-electron chi connectivity index (χ4n) is 3.30. The van der Waals surface area contributed by atoms with Crippen molar-refractivity contribution in [2.75, 3.05) is 6.54 Å². The van der Waals surface area contributed by atoms with Crippen LogP contribution in [0.3, 0.4) is 0 Å². The molecule has 0 spiro atoms. The highest BCUT2D eigenvalue weighted by Crippen LogP contribution is 2.33. The smallest absolute Gasteiger partial charge is 0.226 e. The van der Waals surface area contributed by atoms with Gasteiger partial charge in [-0.1, -0.05) is 19.8 Å². The molecule has 4 nitrogen and oxygen atoms in total. The maximum Gasteiger partial charge on any atom is 0.226 e. The van der Waals surface area contributed by atoms with Gasteiger partial charge in [-0.05, 0) is 32.6 Å². The number of carbonyl (C=O) groups is 1. The summed E-state index contributed by atoms with van der Waals surface area (Å²) in [4.78, 5) is 12.2. The summed E-state index contributed by atoms with van der Waals surface area (Å²) in [5.41, 5.74) is -0.673. The van der Waals surface area contributed by atoms with Crippen molar-refractivity contribution in [3.8, 4) is 0 Å². The molecule has 0 bridgehead atoms. The number of aliphatic hydroxyl groups is 1. The minimum absolute atomic E-state index is 0.0275. The van der Waals surface area contributed by atoms with Crippen molar-refractivity contribution in [1.82, 2.24) is 5.32 Å². The molecule has 4 heteroatoms. The van der Waals surface area contributed by atoms with Gasteiger partial charge in [0.1, 0.15) is 0 Å². The minimum atomic E-state index is -0.673. The van der Waals surface area contributed by atoms with Crippen LogP contribution in [0.1, 0.15) is 46.5 Å². The van der Waals surface area contributed by atoms with Gasteiger partial charge in [-0.2, -0.15) is 0 Å². The molecule has 0 aromatic heterocycles. The van der Waals surface area contributed by atoms with E-state index < -0.39 is 5.60 Å². The fraction of sp³-hybridized carbons (Fsp3) is 0.929. The summed E-state index contributed by atoms with van der Waals surface area (Å²) in [5.74, 6) is 0.169. The molecular weight excluding hydrogens is 230 g/mol. The van der Waals surface area contributed by atoms with Gasteiger partial charge in [-0.15, -0.1) is 0 Å². The lowest BCUT2D eigenvalue weighted by Gasteiger charge is -2.25. The van der Waals surface area contributed by atoms with E-state index in [1.165, 1.54) is 0 Å². The number of nitrogens with one attached hydrogen (secondary N) is 1. The molecule has 1 saturated carbocycles. The molecule has 4 unspecified atom stereocenters. The van der Waals surface area contributed by atoms with E-state index in [-0.39, 0.29) is 30.0 Å². The van der Waals surface area contributed by atoms with Gasteiger partial charge in [0.2, 0.25) is 5.91 Å². The number of hydrogen-bond acceptors (Lipinski definition) is 3. The van der Waals surface area contributed by atoms with Crippen LogP contribution in [-0.4, -0.2) is 35.4 Å². The minimum Gasteiger partial charge on any atom is -0.388 e. The van der Waals surface area contributed by atoms with Gasteiger partial charge >= 0.3 is 0 Å². The predicted molar refractivity (Wildman–Crippen MR) is 69.1 cm³/mol. The third kappa shape index (κ3) is 2.69. The van der Waals surface area contributed by atoms with Gasteiger partial charge in [0.25, 0.3) is 0 Å². The van der Waals surface area contributed by atoms with Crippen LogP contribution in [0.5, 0.6) is 0 Å². The van der Waals surface area contributed by atoms with Crippen LogP contribution in [0.2, 0.25) is 0 Å². The molecule has 2 aliphatic rings. The molecule has 1 aliphatic heterocycles. The zero-order chi connectivity index (χ0) is 13.3. The molecule has 1 amide bonds. The summed E-state index contributed by atoms with van der Waals surface area (Å²) in [6.07, 6.45) is 3.82. The SMILES string of the molecule is CC1OC(C)C(C(=O)NCC2(O)CCCC2)C1C. The lowest BCUT2D eigenvalue weighted by atomic mass is 9.88. The van der Waals surface area contributed by atoms with Crippen molar-refractivity contribution in [3.63, 3.8) is 0 Å². The third-order valence-electron chi connectivity index (χ3n) is 4.67. The lowest BCUT2D eigenvalue weighted by molar-refractivity contribution is -0.128. The first-order chi connectivity index (χ1) is 8.43. The molecule has 1 saturated heterocycles. The lowest BCUT2D eigenvalue weighted by Crippen LogP contribution is -2.45. The molecule has 2 N–H and O–H groups in total. The van der Waals surface area contributed by atoms with E-state index in [0.29, 0.717) is 6.54 Å². The number of amides is 1. The molecular formula is C14H25NO3. The zero-order valence-corrected chi connectivity index (χ0v) is 11.6. The topological polar surface area (TPSA) is 58.6 Å². The molecule has 18 heavy (non-hydrogen) atoms. The standard InChI is InChI=1S/C14H25NO3/c1-9-10(2)18-11(3)12(9)13(16)15-8-14(17)6-4-5-7-14/h9-12,17H,4-8H2,1-3H3,(H,15,16). The predicted octanol–water partition coefficient (Wildman–Crippen LogP) is 1.47. The van der Waals surface area contributed by atoms with Crippen molar-refractivity contribution in [1.29, 1.82) is 0 Å². The van der Waals surface area contributed by atoms with Gasteiger partial charge in [0, 0.05) is 6.54 Å². The molecule has 2 rings (SSSR count). The first kappa shape index (κ1) is 13.8. The first-order valence-electron chi connectivity index (χ1n) is 7.08. The second kappa shape index (κ2) is 5.17. The number of ether oxygens (including phenoxy) is 1. The van der Waals surface area contributed by atoms with E-state index in [1.54, 1.807) is 0 Å². The van der Waals surface area contributed by atoms with E-state index in [1.807, 2.05) is 13.8 Å². The number of hydrogen-bond donors (Lipinski definition) is 2. The van der Waals surface area contributed by atoms with Crippen LogP contribution in [0.15, 0.2) is 0 Å². The summed E-state index contributed by atoms with van der Waals surface area (Å²) in [7, 11) is 0. The van der Waals surface area contributed by atoms with E-state index in [0.717, 1.165) is 25.7 Å². The quantitative estimate of drug-likeness (QED) is 0.803. The Labute approximate surface area is 109 Å². The van der Waals surface area contributed by atoms with E-state index in [2.05, 4.69) is 12.2 Å². The molecule has 1 heterocycles. The van der Waals surface area contributed by atoms with E-state index in [9.17, 15) is 9.90 Å². The van der Waals surface area contributed by atoms with Crippen molar-refractivity contribution < 1.29 is 14.6 Å². The van der Waals surface area contributed by atoms with Crippen LogP contribution in [0.4, 0.5) is 0 Å². The van der Waals surface area contributed by atoms with Crippen molar-refractivity contribution in [2.24, 2.45) is 11.8 Å². The summed E-state index contributed by atoms with van der Waals surface area (Å²) < 4.78 is 5.68. The van der Waals surface area contributed by atoms with Gasteiger partial charge < -0.3 is 15.2 Å². The summed E-state index contributed by atoms with van der Waals surface area (Å²) in [6.45, 7) is 6.41. The number of rotatable bonds is 3. The van der Waals surface area contributed by atoms with Gasteiger partial charge in [-0.3, -0.25) is 4.79 Å². The average molecular weight is 255 g/mol. The Kier molecular flexibility index (Phi) is 3.97. The highest BCUT2D eigenvalue weighted by atomic mass is 16.5. The molecule has 0 radical (unpaired) electrons. The maximum absolute atomic E-state index is 12.2. The van der Waals surface area contributed by atoms with Crippen LogP contribution in [0, 0.1) is 11.8 Å². The van der Waals surface area contributed by atoms with Crippen LogP contribution < -0.4 is 5.32 Å². The maximum atomic E-state index is 12.2. The number of carbonyl (C=O) groups excluding carboxylic acids is 1. The zero-order valence-electron chi connectivity index (χ0n) is 11.6. The molecule has 1 aliphatic carbocycles. The Morgan fingerprint density at radius 2 is 1.89 bits per heavy atom. The Hall–Kier alpha value is -0.610. The van der Waals surface area contributed by atoms with Crippen molar-refractivity contribution in [2.45, 2.75) is 64.3 Å². The molecule has 104 valence electrons. The molecule has 0 aromatic rings. The molecule has 2 fully saturated rings. The third-order valence-corrected chi connectivity index (χ3v) is 4.67. The highest BCUT2D eigenvalue weighted by Gasteiger charge is 2.42. The van der Waals surface area contributed by atoms with Crippen LogP contribution in [0.25, 0.3) is 0 Å². The van der Waals surface area contributed by atoms with Crippen molar-refractivity contribution in [3.05, 3.63) is 0 Å². The Morgan fingerprint density at radius 3 is 2.39 bits per heavy atom. The highest BCUT2D eigenvalue weighted by molar-refractivity contribution is 5.80. The Bertz CT molecular complexity index is 312. The Balaban J connectivity index is 1.88. The van der Waals surface area contributed by atoms with E-state index >= 15 is 0 Å². The largest absolute Gasteiger partial charge is 0.388 e. The second-order valence-corrected chi connectivity index (χ2v) is 6.08. The molecule has 0 aromatic carbocycles.